The predicted molar refractivity (Wildman–Crippen MR) is 74.0 cm³/mol. The number of amides is 1. The molecule has 0 radical (unpaired) electrons. The van der Waals surface area contributed by atoms with Crippen molar-refractivity contribution in [3.05, 3.63) is 33.9 Å². The first-order valence-electron chi connectivity index (χ1n) is 6.48. The van der Waals surface area contributed by atoms with Crippen LogP contribution in [0.15, 0.2) is 12.1 Å². The van der Waals surface area contributed by atoms with Gasteiger partial charge < -0.3 is 10.6 Å². The summed E-state index contributed by atoms with van der Waals surface area (Å²) in [5, 5.41) is 15.9. The predicted octanol–water partition coefficient (Wildman–Crippen LogP) is 2.59. The van der Waals surface area contributed by atoms with Gasteiger partial charge >= 0.3 is 5.69 Å². The molecule has 2 N–H and O–H groups in total. The molecule has 1 aromatic rings. The number of carbonyl (C=O) groups excluding carboxylic acids is 1. The first-order valence-corrected chi connectivity index (χ1v) is 6.48. The Balaban J connectivity index is 2.63. The molecule has 21 heavy (non-hydrogen) atoms. The molecule has 1 amide bonds. The van der Waals surface area contributed by atoms with Gasteiger partial charge in [0.1, 0.15) is 5.82 Å². The second-order valence-electron chi connectivity index (χ2n) is 4.80. The van der Waals surface area contributed by atoms with Crippen LogP contribution in [0, 0.1) is 21.7 Å². The van der Waals surface area contributed by atoms with E-state index in [9.17, 15) is 23.7 Å². The minimum atomic E-state index is -1.28. The highest BCUT2D eigenvalue weighted by atomic mass is 19.1. The van der Waals surface area contributed by atoms with Crippen LogP contribution in [-0.4, -0.2) is 23.4 Å². The number of nitro benzene ring substituents is 1. The average molecular weight is 301 g/mol. The average Bonchev–Trinajstić information content (AvgIpc) is 2.37. The van der Waals surface area contributed by atoms with Gasteiger partial charge in [0.05, 0.1) is 10.6 Å². The number of nitro groups is 1. The molecule has 0 aliphatic rings. The number of nitrogens with one attached hydrogen (secondary N) is 2. The van der Waals surface area contributed by atoms with Crippen LogP contribution in [0.4, 0.5) is 20.2 Å². The third kappa shape index (κ3) is 5.42. The largest absolute Gasteiger partial charge is 0.323 e. The van der Waals surface area contributed by atoms with E-state index in [4.69, 9.17) is 0 Å². The van der Waals surface area contributed by atoms with Crippen molar-refractivity contribution in [2.24, 2.45) is 0 Å². The van der Waals surface area contributed by atoms with Gasteiger partial charge in [-0.25, -0.2) is 4.39 Å². The number of rotatable bonds is 7. The van der Waals surface area contributed by atoms with Crippen molar-refractivity contribution in [3.63, 3.8) is 0 Å². The highest BCUT2D eigenvalue weighted by Gasteiger charge is 2.19. The fourth-order valence-corrected chi connectivity index (χ4v) is 1.63. The van der Waals surface area contributed by atoms with Gasteiger partial charge in [-0.3, -0.25) is 14.9 Å². The standard InChI is InChI=1S/C13H17F2N3O3/c1-8(2)16-5-3-4-13(19)17-11-7-12(18(20)21)10(15)6-9(11)14/h6-8,16H,3-5H2,1-2H3,(H,17,19). The number of hydrogen-bond donors (Lipinski definition) is 2. The Labute approximate surface area is 120 Å². The molecule has 0 bridgehead atoms. The van der Waals surface area contributed by atoms with E-state index < -0.39 is 33.8 Å². The Morgan fingerprint density at radius 1 is 1.33 bits per heavy atom. The summed E-state index contributed by atoms with van der Waals surface area (Å²) in [5.74, 6) is -2.82. The summed E-state index contributed by atoms with van der Waals surface area (Å²) in [6, 6.07) is 1.36. The summed E-state index contributed by atoms with van der Waals surface area (Å²) < 4.78 is 26.6. The minimum absolute atomic E-state index is 0.129. The quantitative estimate of drug-likeness (QED) is 0.460. The fraction of sp³-hybridized carbons (Fsp3) is 0.462. The molecule has 1 aromatic carbocycles. The van der Waals surface area contributed by atoms with Crippen molar-refractivity contribution in [1.29, 1.82) is 0 Å². The van der Waals surface area contributed by atoms with Crippen molar-refractivity contribution < 1.29 is 18.5 Å². The number of anilines is 1. The number of benzene rings is 1. The Bertz CT molecular complexity index is 536. The van der Waals surface area contributed by atoms with Crippen molar-refractivity contribution in [2.75, 3.05) is 11.9 Å². The zero-order valence-electron chi connectivity index (χ0n) is 11.8. The number of carbonyl (C=O) groups is 1. The van der Waals surface area contributed by atoms with Crippen LogP contribution in [0.25, 0.3) is 0 Å². The molecule has 0 aliphatic heterocycles. The second-order valence-corrected chi connectivity index (χ2v) is 4.80. The van der Waals surface area contributed by atoms with Gasteiger partial charge in [0.15, 0.2) is 0 Å². The minimum Gasteiger partial charge on any atom is -0.323 e. The molecule has 116 valence electrons. The number of halogens is 2. The normalized spacial score (nSPS) is 10.7. The third-order valence-electron chi connectivity index (χ3n) is 2.64. The second kappa shape index (κ2) is 7.63. The molecule has 8 heteroatoms. The lowest BCUT2D eigenvalue weighted by atomic mass is 10.2. The maximum Gasteiger partial charge on any atom is 0.307 e. The maximum absolute atomic E-state index is 13.5. The zero-order valence-corrected chi connectivity index (χ0v) is 11.8. The van der Waals surface area contributed by atoms with Gasteiger partial charge in [0, 0.05) is 24.6 Å². The van der Waals surface area contributed by atoms with E-state index in [1.807, 2.05) is 13.8 Å². The van der Waals surface area contributed by atoms with E-state index in [-0.39, 0.29) is 6.42 Å². The van der Waals surface area contributed by atoms with Crippen LogP contribution in [0.1, 0.15) is 26.7 Å². The molecule has 0 atom stereocenters. The lowest BCUT2D eigenvalue weighted by Crippen LogP contribution is -2.24. The van der Waals surface area contributed by atoms with Gasteiger partial charge in [-0.2, -0.15) is 4.39 Å². The molecule has 0 saturated heterocycles. The Hall–Kier alpha value is -2.09. The Morgan fingerprint density at radius 3 is 2.57 bits per heavy atom. The van der Waals surface area contributed by atoms with E-state index >= 15 is 0 Å². The monoisotopic (exact) mass is 301 g/mol. The number of hydrogen-bond acceptors (Lipinski definition) is 4. The lowest BCUT2D eigenvalue weighted by Gasteiger charge is -2.09. The summed E-state index contributed by atoms with van der Waals surface area (Å²) in [7, 11) is 0. The SMILES string of the molecule is CC(C)NCCCC(=O)Nc1cc([N+](=O)[O-])c(F)cc1F. The molecule has 0 spiro atoms. The number of nitrogens with zero attached hydrogens (tertiary/aromatic N) is 1. The molecular formula is C13H17F2N3O3. The lowest BCUT2D eigenvalue weighted by molar-refractivity contribution is -0.387. The zero-order chi connectivity index (χ0) is 16.0. The van der Waals surface area contributed by atoms with E-state index in [1.165, 1.54) is 0 Å². The third-order valence-corrected chi connectivity index (χ3v) is 2.64. The van der Waals surface area contributed by atoms with Gasteiger partial charge in [0.2, 0.25) is 11.7 Å². The van der Waals surface area contributed by atoms with E-state index in [0.717, 1.165) is 0 Å². The Kier molecular flexibility index (Phi) is 6.16. The molecule has 0 saturated carbocycles. The summed E-state index contributed by atoms with van der Waals surface area (Å²) in [6.07, 6.45) is 0.666. The molecular weight excluding hydrogens is 284 g/mol. The molecule has 0 aromatic heterocycles. The van der Waals surface area contributed by atoms with Crippen molar-refractivity contribution in [1.82, 2.24) is 5.32 Å². The van der Waals surface area contributed by atoms with Crippen LogP contribution < -0.4 is 10.6 Å². The smallest absolute Gasteiger partial charge is 0.307 e. The van der Waals surface area contributed by atoms with Crippen LogP contribution in [0.2, 0.25) is 0 Å². The molecule has 0 heterocycles. The molecule has 0 fully saturated rings. The van der Waals surface area contributed by atoms with Crippen LogP contribution in [-0.2, 0) is 4.79 Å². The first-order chi connectivity index (χ1) is 9.81. The topological polar surface area (TPSA) is 84.3 Å². The summed E-state index contributed by atoms with van der Waals surface area (Å²) in [6.45, 7) is 4.55. The van der Waals surface area contributed by atoms with Gasteiger partial charge in [-0.1, -0.05) is 13.8 Å². The van der Waals surface area contributed by atoms with Gasteiger partial charge in [-0.15, -0.1) is 0 Å². The van der Waals surface area contributed by atoms with Crippen molar-refractivity contribution in [2.45, 2.75) is 32.7 Å². The summed E-state index contributed by atoms with van der Waals surface area (Å²) in [5.41, 5.74) is -1.28. The van der Waals surface area contributed by atoms with Crippen LogP contribution >= 0.6 is 0 Å². The molecule has 0 unspecified atom stereocenters. The Morgan fingerprint density at radius 2 is 2.00 bits per heavy atom. The van der Waals surface area contributed by atoms with Gasteiger partial charge in [0.25, 0.3) is 0 Å². The van der Waals surface area contributed by atoms with E-state index in [2.05, 4.69) is 10.6 Å². The highest BCUT2D eigenvalue weighted by Crippen LogP contribution is 2.25. The summed E-state index contributed by atoms with van der Waals surface area (Å²) >= 11 is 0. The maximum atomic E-state index is 13.5. The van der Waals surface area contributed by atoms with E-state index in [0.29, 0.717) is 31.1 Å². The first kappa shape index (κ1) is 17.0. The highest BCUT2D eigenvalue weighted by molar-refractivity contribution is 5.91. The van der Waals surface area contributed by atoms with Crippen LogP contribution in [0.5, 0.6) is 0 Å². The summed E-state index contributed by atoms with van der Waals surface area (Å²) in [4.78, 5) is 21.2. The fourth-order valence-electron chi connectivity index (χ4n) is 1.63. The molecule has 0 aliphatic carbocycles. The van der Waals surface area contributed by atoms with Crippen molar-refractivity contribution >= 4 is 17.3 Å². The van der Waals surface area contributed by atoms with Gasteiger partial charge in [-0.05, 0) is 13.0 Å². The molecule has 6 nitrogen and oxygen atoms in total. The van der Waals surface area contributed by atoms with Crippen LogP contribution in [0.3, 0.4) is 0 Å². The van der Waals surface area contributed by atoms with E-state index in [1.54, 1.807) is 0 Å². The van der Waals surface area contributed by atoms with Crippen molar-refractivity contribution in [3.8, 4) is 0 Å². The molecule has 1 rings (SSSR count).